The van der Waals surface area contributed by atoms with Crippen LogP contribution in [-0.2, 0) is 26.3 Å². The van der Waals surface area contributed by atoms with E-state index in [0.717, 1.165) is 12.3 Å². The van der Waals surface area contributed by atoms with E-state index in [1.54, 1.807) is 0 Å². The number of ether oxygens (including phenoxy) is 1. The van der Waals surface area contributed by atoms with Crippen LogP contribution in [0.2, 0.25) is 0 Å². The van der Waals surface area contributed by atoms with Crippen LogP contribution in [0.3, 0.4) is 0 Å². The average molecular weight is 465 g/mol. The van der Waals surface area contributed by atoms with Crippen LogP contribution < -0.4 is 9.46 Å². The zero-order valence-corrected chi connectivity index (χ0v) is 16.3. The number of rotatable bonds is 5. The molecule has 29 heavy (non-hydrogen) atoms. The Morgan fingerprint density at radius 2 is 1.76 bits per heavy atom. The highest BCUT2D eigenvalue weighted by Crippen LogP contribution is 2.51. The molecule has 0 amide bonds. The van der Waals surface area contributed by atoms with Gasteiger partial charge in [0.05, 0.1) is 11.2 Å². The fraction of sp³-hybridized carbons (Fsp3) is 0.600. The number of halogens is 5. The molecule has 0 heterocycles. The predicted molar refractivity (Wildman–Crippen MR) is 88.7 cm³/mol. The first-order valence-electron chi connectivity index (χ1n) is 8.20. The van der Waals surface area contributed by atoms with E-state index in [-0.39, 0.29) is 18.6 Å². The Morgan fingerprint density at radius 3 is 2.28 bits per heavy atom. The molecule has 2 aliphatic carbocycles. The van der Waals surface area contributed by atoms with Crippen molar-refractivity contribution in [3.05, 3.63) is 23.3 Å². The molecule has 1 fully saturated rings. The maximum absolute atomic E-state index is 14.0. The molecule has 164 valence electrons. The number of aliphatic hydroxyl groups is 1. The summed E-state index contributed by atoms with van der Waals surface area (Å²) in [7, 11) is -9.44. The van der Waals surface area contributed by atoms with Crippen LogP contribution in [0.5, 0.6) is 5.75 Å². The SMILES string of the molecule is CS(=O)(=O)N[C@H]1C[C@@H](Oc2ccc(S(=O)(=O)C(F)(F)F)c3c2CC(F)(F)[C@H]3O)C1. The second-order valence-electron chi connectivity index (χ2n) is 7.04. The van der Waals surface area contributed by atoms with Crippen LogP contribution in [0.1, 0.15) is 30.1 Å². The summed E-state index contributed by atoms with van der Waals surface area (Å²) in [6.45, 7) is 0. The average Bonchev–Trinajstić information content (AvgIpc) is 2.73. The molecule has 0 aromatic heterocycles. The fourth-order valence-corrected chi connectivity index (χ4v) is 5.18. The maximum Gasteiger partial charge on any atom is 0.501 e. The van der Waals surface area contributed by atoms with E-state index in [0.29, 0.717) is 6.07 Å². The molecule has 0 spiro atoms. The Morgan fingerprint density at radius 1 is 1.17 bits per heavy atom. The molecule has 1 aromatic carbocycles. The van der Waals surface area contributed by atoms with Gasteiger partial charge in [-0.2, -0.15) is 13.2 Å². The van der Waals surface area contributed by atoms with E-state index in [9.17, 15) is 43.9 Å². The van der Waals surface area contributed by atoms with Gasteiger partial charge in [0.25, 0.3) is 15.8 Å². The van der Waals surface area contributed by atoms with E-state index in [1.165, 1.54) is 0 Å². The van der Waals surface area contributed by atoms with E-state index in [4.69, 9.17) is 4.74 Å². The summed E-state index contributed by atoms with van der Waals surface area (Å²) >= 11 is 0. The monoisotopic (exact) mass is 465 g/mol. The molecular weight excluding hydrogens is 449 g/mol. The van der Waals surface area contributed by atoms with Crippen LogP contribution in [0.25, 0.3) is 0 Å². The van der Waals surface area contributed by atoms with Crippen molar-refractivity contribution in [2.45, 2.75) is 53.8 Å². The Balaban J connectivity index is 1.93. The van der Waals surface area contributed by atoms with Gasteiger partial charge in [0.2, 0.25) is 10.0 Å². The summed E-state index contributed by atoms with van der Waals surface area (Å²) in [6, 6.07) is 0.870. The molecule has 0 aliphatic heterocycles. The smallest absolute Gasteiger partial charge is 0.490 e. The second kappa shape index (κ2) is 6.75. The van der Waals surface area contributed by atoms with E-state index in [2.05, 4.69) is 4.72 Å². The molecule has 0 bridgehead atoms. The highest BCUT2D eigenvalue weighted by molar-refractivity contribution is 7.92. The zero-order valence-electron chi connectivity index (χ0n) is 14.7. The minimum atomic E-state index is -5.98. The van der Waals surface area contributed by atoms with Crippen LogP contribution >= 0.6 is 0 Å². The third-order valence-corrected chi connectivity index (χ3v) is 7.03. The highest BCUT2D eigenvalue weighted by Gasteiger charge is 2.55. The molecule has 1 saturated carbocycles. The van der Waals surface area contributed by atoms with Crippen LogP contribution in [0.4, 0.5) is 22.0 Å². The first-order valence-corrected chi connectivity index (χ1v) is 11.6. The van der Waals surface area contributed by atoms with E-state index < -0.39 is 72.0 Å². The van der Waals surface area contributed by atoms with E-state index >= 15 is 0 Å². The van der Waals surface area contributed by atoms with Crippen LogP contribution in [0, 0.1) is 0 Å². The third kappa shape index (κ3) is 4.07. The van der Waals surface area contributed by atoms with Crippen LogP contribution in [-0.4, -0.2) is 51.8 Å². The molecule has 0 saturated heterocycles. The Bertz CT molecular complexity index is 1030. The van der Waals surface area contributed by atoms with E-state index in [1.807, 2.05) is 0 Å². The molecule has 7 nitrogen and oxygen atoms in total. The number of hydrogen-bond acceptors (Lipinski definition) is 6. The number of aliphatic hydroxyl groups excluding tert-OH is 1. The lowest BCUT2D eigenvalue weighted by Crippen LogP contribution is -2.48. The second-order valence-corrected chi connectivity index (χ2v) is 10.7. The molecule has 2 aliphatic rings. The van der Waals surface area contributed by atoms with Crippen molar-refractivity contribution in [3.8, 4) is 5.75 Å². The number of sulfone groups is 1. The number of hydrogen-bond donors (Lipinski definition) is 2. The van der Waals surface area contributed by atoms with Crippen molar-refractivity contribution < 1.29 is 48.6 Å². The summed E-state index contributed by atoms with van der Waals surface area (Å²) in [5.74, 6) is -4.15. The Kier molecular flexibility index (Phi) is 5.16. The summed E-state index contributed by atoms with van der Waals surface area (Å²) in [5, 5.41) is 9.80. The van der Waals surface area contributed by atoms with Crippen molar-refractivity contribution >= 4 is 19.9 Å². The lowest BCUT2D eigenvalue weighted by molar-refractivity contribution is -0.0979. The molecule has 2 N–H and O–H groups in total. The van der Waals surface area contributed by atoms with Crippen molar-refractivity contribution in [3.63, 3.8) is 0 Å². The molecule has 3 rings (SSSR count). The molecule has 0 radical (unpaired) electrons. The lowest BCUT2D eigenvalue weighted by atomic mass is 9.90. The van der Waals surface area contributed by atoms with Gasteiger partial charge in [0, 0.05) is 36.4 Å². The van der Waals surface area contributed by atoms with Crippen molar-refractivity contribution in [1.82, 2.24) is 4.72 Å². The standard InChI is InChI=1S/C15H16F5NO6S2/c1-28(23,24)21-7-4-8(5-7)27-10-2-3-11(29(25,26)15(18,19)20)12-9(10)6-14(16,17)13(12)22/h2-3,7-8,13,21-22H,4-6H2,1H3/t7-,8+,13-/m0/s1. The largest absolute Gasteiger partial charge is 0.501 e. The van der Waals surface area contributed by atoms with Gasteiger partial charge < -0.3 is 9.84 Å². The lowest BCUT2D eigenvalue weighted by Gasteiger charge is -2.35. The minimum Gasteiger partial charge on any atom is -0.490 e. The normalized spacial score (nSPS) is 26.7. The molecule has 14 heteroatoms. The quantitative estimate of drug-likeness (QED) is 0.641. The van der Waals surface area contributed by atoms with Crippen molar-refractivity contribution in [2.75, 3.05) is 6.26 Å². The first-order chi connectivity index (χ1) is 13.0. The maximum atomic E-state index is 14.0. The summed E-state index contributed by atoms with van der Waals surface area (Å²) in [4.78, 5) is -1.44. The minimum absolute atomic E-state index is 0.184. The molecule has 1 aromatic rings. The molecule has 1 atom stereocenters. The van der Waals surface area contributed by atoms with Crippen LogP contribution in [0.15, 0.2) is 17.0 Å². The molecule has 0 unspecified atom stereocenters. The van der Waals surface area contributed by atoms with Gasteiger partial charge in [0.15, 0.2) is 0 Å². The van der Waals surface area contributed by atoms with Gasteiger partial charge >= 0.3 is 5.51 Å². The van der Waals surface area contributed by atoms with Gasteiger partial charge in [-0.05, 0) is 12.1 Å². The summed E-state index contributed by atoms with van der Waals surface area (Å²) in [5.41, 5.74) is -7.29. The summed E-state index contributed by atoms with van der Waals surface area (Å²) < 4.78 is 120. The topological polar surface area (TPSA) is 110 Å². The van der Waals surface area contributed by atoms with Gasteiger partial charge in [-0.1, -0.05) is 0 Å². The summed E-state index contributed by atoms with van der Waals surface area (Å²) in [6.07, 6.45) is -3.23. The Hall–Kier alpha value is -1.51. The zero-order chi connectivity index (χ0) is 22.0. The number of fused-ring (bicyclic) bond motifs is 1. The number of nitrogens with one attached hydrogen (secondary N) is 1. The predicted octanol–water partition coefficient (Wildman–Crippen LogP) is 1.66. The number of alkyl halides is 5. The third-order valence-electron chi connectivity index (χ3n) is 4.72. The fourth-order valence-electron chi connectivity index (χ4n) is 3.36. The highest BCUT2D eigenvalue weighted by atomic mass is 32.2. The van der Waals surface area contributed by atoms with Gasteiger partial charge in [-0.15, -0.1) is 0 Å². The van der Waals surface area contributed by atoms with Gasteiger partial charge in [0.1, 0.15) is 18.0 Å². The first kappa shape index (κ1) is 22.2. The number of benzene rings is 1. The number of sulfonamides is 1. The van der Waals surface area contributed by atoms with Crippen molar-refractivity contribution in [1.29, 1.82) is 0 Å². The molecular formula is C15H16F5NO6S2. The van der Waals surface area contributed by atoms with Crippen molar-refractivity contribution in [2.24, 2.45) is 0 Å². The van der Waals surface area contributed by atoms with Gasteiger partial charge in [-0.25, -0.2) is 30.3 Å². The Labute approximate surface area is 162 Å². The van der Waals surface area contributed by atoms with Gasteiger partial charge in [-0.3, -0.25) is 0 Å².